The van der Waals surface area contributed by atoms with Gasteiger partial charge in [-0.3, -0.25) is 9.69 Å². The fourth-order valence-electron chi connectivity index (χ4n) is 3.29. The first-order valence-corrected chi connectivity index (χ1v) is 9.00. The molecule has 2 fully saturated rings. The van der Waals surface area contributed by atoms with E-state index in [4.69, 9.17) is 9.47 Å². The van der Waals surface area contributed by atoms with Crippen LogP contribution in [0.15, 0.2) is 18.2 Å². The number of carbonyl (C=O) groups excluding carboxylic acids is 1. The Bertz CT molecular complexity index is 550. The first-order valence-electron chi connectivity index (χ1n) is 9.00. The molecule has 0 aliphatic carbocycles. The van der Waals surface area contributed by atoms with Crippen LogP contribution in [-0.2, 0) is 15.9 Å². The molecule has 1 N–H and O–H groups in total. The summed E-state index contributed by atoms with van der Waals surface area (Å²) in [5.74, 6) is 0.0487. The molecule has 5 heteroatoms. The van der Waals surface area contributed by atoms with E-state index >= 15 is 0 Å². The summed E-state index contributed by atoms with van der Waals surface area (Å²) in [5, 5.41) is 3.16. The number of amides is 1. The SMILES string of the molecule is Cc1ccc(CCN2CCOCC2)cc1C(=O)NC1CCOCC1. The molecule has 5 nitrogen and oxygen atoms in total. The average Bonchev–Trinajstić information content (AvgIpc) is 2.62. The lowest BCUT2D eigenvalue weighted by molar-refractivity contribution is 0.0384. The highest BCUT2D eigenvalue weighted by molar-refractivity contribution is 5.96. The van der Waals surface area contributed by atoms with E-state index in [0.717, 1.165) is 76.5 Å². The highest BCUT2D eigenvalue weighted by atomic mass is 16.5. The van der Waals surface area contributed by atoms with Crippen molar-refractivity contribution in [3.63, 3.8) is 0 Å². The van der Waals surface area contributed by atoms with E-state index < -0.39 is 0 Å². The second kappa shape index (κ2) is 8.60. The summed E-state index contributed by atoms with van der Waals surface area (Å²) in [6, 6.07) is 6.50. The number of ether oxygens (including phenoxy) is 2. The molecular weight excluding hydrogens is 304 g/mol. The number of morpholine rings is 1. The van der Waals surface area contributed by atoms with Crippen LogP contribution in [0, 0.1) is 6.92 Å². The Hall–Kier alpha value is -1.43. The zero-order valence-electron chi connectivity index (χ0n) is 14.6. The van der Waals surface area contributed by atoms with Crippen molar-refractivity contribution in [3.8, 4) is 0 Å². The summed E-state index contributed by atoms with van der Waals surface area (Å²) in [4.78, 5) is 15.0. The van der Waals surface area contributed by atoms with Crippen molar-refractivity contribution in [2.24, 2.45) is 0 Å². The molecule has 1 aromatic carbocycles. The minimum Gasteiger partial charge on any atom is -0.381 e. The molecule has 0 bridgehead atoms. The highest BCUT2D eigenvalue weighted by Crippen LogP contribution is 2.14. The molecule has 3 rings (SSSR count). The van der Waals surface area contributed by atoms with Crippen LogP contribution in [-0.4, -0.2) is 62.9 Å². The quantitative estimate of drug-likeness (QED) is 0.893. The Morgan fingerprint density at radius 2 is 1.88 bits per heavy atom. The Kier molecular flexibility index (Phi) is 6.24. The maximum Gasteiger partial charge on any atom is 0.251 e. The van der Waals surface area contributed by atoms with Gasteiger partial charge >= 0.3 is 0 Å². The van der Waals surface area contributed by atoms with Gasteiger partial charge in [-0.05, 0) is 43.4 Å². The lowest BCUT2D eigenvalue weighted by Crippen LogP contribution is -2.39. The molecule has 2 saturated heterocycles. The van der Waals surface area contributed by atoms with Crippen LogP contribution in [0.25, 0.3) is 0 Å². The number of benzene rings is 1. The van der Waals surface area contributed by atoms with Gasteiger partial charge in [0.2, 0.25) is 0 Å². The van der Waals surface area contributed by atoms with Crippen molar-refractivity contribution < 1.29 is 14.3 Å². The van der Waals surface area contributed by atoms with Crippen LogP contribution in [0.2, 0.25) is 0 Å². The summed E-state index contributed by atoms with van der Waals surface area (Å²) in [7, 11) is 0. The van der Waals surface area contributed by atoms with E-state index in [1.54, 1.807) is 0 Å². The van der Waals surface area contributed by atoms with E-state index in [1.165, 1.54) is 5.56 Å². The number of hydrogen-bond acceptors (Lipinski definition) is 4. The third kappa shape index (κ3) is 4.79. The monoisotopic (exact) mass is 332 g/mol. The summed E-state index contributed by atoms with van der Waals surface area (Å²) >= 11 is 0. The fraction of sp³-hybridized carbons (Fsp3) is 0.632. The lowest BCUT2D eigenvalue weighted by Gasteiger charge is -2.26. The molecule has 0 saturated carbocycles. The summed E-state index contributed by atoms with van der Waals surface area (Å²) in [6.45, 7) is 8.16. The van der Waals surface area contributed by atoms with Crippen molar-refractivity contribution in [2.75, 3.05) is 46.1 Å². The van der Waals surface area contributed by atoms with E-state index in [9.17, 15) is 4.79 Å². The Balaban J connectivity index is 1.58. The van der Waals surface area contributed by atoms with Crippen LogP contribution in [0.1, 0.15) is 34.3 Å². The third-order valence-corrected chi connectivity index (χ3v) is 4.92. The fourth-order valence-corrected chi connectivity index (χ4v) is 3.29. The van der Waals surface area contributed by atoms with Gasteiger partial charge in [0.15, 0.2) is 0 Å². The van der Waals surface area contributed by atoms with E-state index in [2.05, 4.69) is 28.4 Å². The van der Waals surface area contributed by atoms with Crippen LogP contribution in [0.4, 0.5) is 0 Å². The van der Waals surface area contributed by atoms with Crippen LogP contribution in [0.5, 0.6) is 0 Å². The van der Waals surface area contributed by atoms with Crippen LogP contribution >= 0.6 is 0 Å². The first-order chi connectivity index (χ1) is 11.7. The zero-order chi connectivity index (χ0) is 16.8. The molecule has 1 aromatic rings. The molecule has 132 valence electrons. The van der Waals surface area contributed by atoms with Crippen molar-refractivity contribution >= 4 is 5.91 Å². The van der Waals surface area contributed by atoms with Gasteiger partial charge in [0.25, 0.3) is 5.91 Å². The van der Waals surface area contributed by atoms with Gasteiger partial charge in [0, 0.05) is 44.5 Å². The second-order valence-corrected chi connectivity index (χ2v) is 6.71. The molecule has 2 aliphatic heterocycles. The molecule has 0 unspecified atom stereocenters. The van der Waals surface area contributed by atoms with Gasteiger partial charge in [-0.15, -0.1) is 0 Å². The number of nitrogens with one attached hydrogen (secondary N) is 1. The molecule has 2 heterocycles. The van der Waals surface area contributed by atoms with Gasteiger partial charge in [0.05, 0.1) is 13.2 Å². The lowest BCUT2D eigenvalue weighted by atomic mass is 10.0. The molecular formula is C19H28N2O3. The molecule has 24 heavy (non-hydrogen) atoms. The van der Waals surface area contributed by atoms with Gasteiger partial charge in [-0.2, -0.15) is 0 Å². The summed E-state index contributed by atoms with van der Waals surface area (Å²) in [5.41, 5.74) is 3.07. The normalized spacial score (nSPS) is 20.0. The van der Waals surface area contributed by atoms with E-state index in [-0.39, 0.29) is 11.9 Å². The molecule has 0 atom stereocenters. The van der Waals surface area contributed by atoms with Gasteiger partial charge in [-0.1, -0.05) is 12.1 Å². The number of hydrogen-bond donors (Lipinski definition) is 1. The average molecular weight is 332 g/mol. The standard InChI is InChI=1S/C19H28N2O3/c1-15-2-3-16(4-7-21-8-12-24-13-9-21)14-18(15)19(22)20-17-5-10-23-11-6-17/h2-3,14,17H,4-13H2,1H3,(H,20,22). The van der Waals surface area contributed by atoms with Crippen molar-refractivity contribution in [3.05, 3.63) is 34.9 Å². The Labute approximate surface area is 144 Å². The van der Waals surface area contributed by atoms with Crippen molar-refractivity contribution in [1.82, 2.24) is 10.2 Å². The highest BCUT2D eigenvalue weighted by Gasteiger charge is 2.18. The predicted molar refractivity (Wildman–Crippen MR) is 93.4 cm³/mol. The minimum absolute atomic E-state index is 0.0487. The molecule has 1 amide bonds. The van der Waals surface area contributed by atoms with Gasteiger partial charge in [0.1, 0.15) is 0 Å². The van der Waals surface area contributed by atoms with E-state index in [1.807, 2.05) is 6.92 Å². The predicted octanol–water partition coefficient (Wildman–Crippen LogP) is 1.78. The largest absolute Gasteiger partial charge is 0.381 e. The van der Waals surface area contributed by atoms with Crippen LogP contribution < -0.4 is 5.32 Å². The smallest absolute Gasteiger partial charge is 0.251 e. The molecule has 0 spiro atoms. The number of nitrogens with zero attached hydrogens (tertiary/aromatic N) is 1. The van der Waals surface area contributed by atoms with Crippen LogP contribution in [0.3, 0.4) is 0 Å². The maximum atomic E-state index is 12.6. The Morgan fingerprint density at radius 3 is 2.62 bits per heavy atom. The first kappa shape index (κ1) is 17.4. The number of rotatable bonds is 5. The van der Waals surface area contributed by atoms with Gasteiger partial charge in [-0.25, -0.2) is 0 Å². The number of aryl methyl sites for hydroxylation is 1. The number of carbonyl (C=O) groups is 1. The molecule has 2 aliphatic rings. The minimum atomic E-state index is 0.0487. The van der Waals surface area contributed by atoms with E-state index in [0.29, 0.717) is 0 Å². The van der Waals surface area contributed by atoms with Gasteiger partial charge < -0.3 is 14.8 Å². The summed E-state index contributed by atoms with van der Waals surface area (Å²) < 4.78 is 10.7. The molecule has 0 aromatic heterocycles. The van der Waals surface area contributed by atoms with Crippen molar-refractivity contribution in [2.45, 2.75) is 32.2 Å². The topological polar surface area (TPSA) is 50.8 Å². The second-order valence-electron chi connectivity index (χ2n) is 6.71. The maximum absolute atomic E-state index is 12.6. The summed E-state index contributed by atoms with van der Waals surface area (Å²) in [6.07, 6.45) is 2.78. The Morgan fingerprint density at radius 1 is 1.17 bits per heavy atom. The molecule has 0 radical (unpaired) electrons. The van der Waals surface area contributed by atoms with Crippen molar-refractivity contribution in [1.29, 1.82) is 0 Å². The zero-order valence-corrected chi connectivity index (χ0v) is 14.6. The third-order valence-electron chi connectivity index (χ3n) is 4.92.